The highest BCUT2D eigenvalue weighted by Gasteiger charge is 2.40. The van der Waals surface area contributed by atoms with Gasteiger partial charge in [-0.15, -0.1) is 0 Å². The summed E-state index contributed by atoms with van der Waals surface area (Å²) in [4.78, 5) is 11.8. The zero-order chi connectivity index (χ0) is 16.3. The average molecular weight is 327 g/mol. The number of hydrogen-bond donors (Lipinski definition) is 1. The molecule has 0 bridgehead atoms. The van der Waals surface area contributed by atoms with E-state index in [9.17, 15) is 13.2 Å². The summed E-state index contributed by atoms with van der Waals surface area (Å²) in [6.07, 6.45) is 0.731. The fourth-order valence-electron chi connectivity index (χ4n) is 2.15. The molecule has 0 saturated heterocycles. The molecule has 1 aliphatic rings. The normalized spacial score (nSPS) is 20.3. The van der Waals surface area contributed by atoms with Gasteiger partial charge in [-0.25, -0.2) is 13.1 Å². The summed E-state index contributed by atoms with van der Waals surface area (Å²) in [6, 6.07) is 4.31. The summed E-state index contributed by atoms with van der Waals surface area (Å²) in [6.45, 7) is 6.38. The van der Waals surface area contributed by atoms with Gasteiger partial charge in [0.15, 0.2) is 11.5 Å². The second-order valence-electron chi connectivity index (χ2n) is 5.26. The summed E-state index contributed by atoms with van der Waals surface area (Å²) in [5.74, 6) is 0.419. The van der Waals surface area contributed by atoms with Gasteiger partial charge in [0.1, 0.15) is 0 Å². The molecular weight excluding hydrogens is 306 g/mol. The van der Waals surface area contributed by atoms with Crippen LogP contribution in [0.15, 0.2) is 23.1 Å². The first kappa shape index (κ1) is 16.6. The molecule has 1 N–H and O–H groups in total. The maximum Gasteiger partial charge on any atom is 0.264 e. The largest absolute Gasteiger partial charge is 0.490 e. The van der Waals surface area contributed by atoms with Gasteiger partial charge < -0.3 is 9.47 Å². The molecule has 122 valence electrons. The summed E-state index contributed by atoms with van der Waals surface area (Å²) in [7, 11) is -3.90. The van der Waals surface area contributed by atoms with Crippen molar-refractivity contribution in [2.45, 2.75) is 32.1 Å². The van der Waals surface area contributed by atoms with Crippen LogP contribution in [0, 0.1) is 11.8 Å². The van der Waals surface area contributed by atoms with E-state index in [2.05, 4.69) is 4.72 Å². The standard InChI is InChI=1S/C15H21NO5S/c1-4-20-13-7-6-11(9-14(13)21-5-2)22(18,19)16-15(17)12-8-10(12)3/h6-7,9-10,12H,4-5,8H2,1-3H3,(H,16,17)/t10-,12-/m0/s1. The fourth-order valence-corrected chi connectivity index (χ4v) is 3.20. The molecular formula is C15H21NO5S. The predicted molar refractivity (Wildman–Crippen MR) is 81.4 cm³/mol. The topological polar surface area (TPSA) is 81.7 Å². The Morgan fingerprint density at radius 2 is 1.82 bits per heavy atom. The number of carbonyl (C=O) groups excluding carboxylic acids is 1. The van der Waals surface area contributed by atoms with Gasteiger partial charge in [-0.1, -0.05) is 6.92 Å². The third kappa shape index (κ3) is 3.71. The molecule has 6 nitrogen and oxygen atoms in total. The molecule has 0 heterocycles. The number of carbonyl (C=O) groups is 1. The van der Waals surface area contributed by atoms with Crippen molar-refractivity contribution in [2.75, 3.05) is 13.2 Å². The third-order valence-electron chi connectivity index (χ3n) is 3.51. The molecule has 2 atom stereocenters. The smallest absolute Gasteiger partial charge is 0.264 e. The molecule has 1 amide bonds. The van der Waals surface area contributed by atoms with Crippen LogP contribution in [0.2, 0.25) is 0 Å². The van der Waals surface area contributed by atoms with E-state index >= 15 is 0 Å². The van der Waals surface area contributed by atoms with Crippen molar-refractivity contribution in [3.8, 4) is 11.5 Å². The van der Waals surface area contributed by atoms with Crippen molar-refractivity contribution in [2.24, 2.45) is 11.8 Å². The highest BCUT2D eigenvalue weighted by molar-refractivity contribution is 7.90. The Balaban J connectivity index is 2.22. The van der Waals surface area contributed by atoms with Gasteiger partial charge in [-0.05, 0) is 38.3 Å². The van der Waals surface area contributed by atoms with E-state index in [1.54, 1.807) is 6.92 Å². The van der Waals surface area contributed by atoms with E-state index in [0.29, 0.717) is 24.7 Å². The van der Waals surface area contributed by atoms with Crippen LogP contribution in [0.4, 0.5) is 0 Å². The zero-order valence-corrected chi connectivity index (χ0v) is 13.8. The van der Waals surface area contributed by atoms with Gasteiger partial charge in [-0.2, -0.15) is 0 Å². The second-order valence-corrected chi connectivity index (χ2v) is 6.95. The number of hydrogen-bond acceptors (Lipinski definition) is 5. The van der Waals surface area contributed by atoms with Crippen molar-refractivity contribution in [3.05, 3.63) is 18.2 Å². The number of ether oxygens (including phenoxy) is 2. The van der Waals surface area contributed by atoms with Crippen LogP contribution in [0.3, 0.4) is 0 Å². The van der Waals surface area contributed by atoms with Crippen LogP contribution in [-0.2, 0) is 14.8 Å². The van der Waals surface area contributed by atoms with Gasteiger partial charge in [-0.3, -0.25) is 4.79 Å². The van der Waals surface area contributed by atoms with Crippen LogP contribution >= 0.6 is 0 Å². The monoisotopic (exact) mass is 327 g/mol. The SMILES string of the molecule is CCOc1ccc(S(=O)(=O)NC(=O)[C@H]2C[C@@H]2C)cc1OCC. The molecule has 1 saturated carbocycles. The van der Waals surface area contributed by atoms with E-state index in [4.69, 9.17) is 9.47 Å². The molecule has 1 aromatic rings. The summed E-state index contributed by atoms with van der Waals surface area (Å²) < 4.78 is 37.5. The summed E-state index contributed by atoms with van der Waals surface area (Å²) >= 11 is 0. The van der Waals surface area contributed by atoms with E-state index < -0.39 is 15.9 Å². The van der Waals surface area contributed by atoms with Gasteiger partial charge in [0, 0.05) is 12.0 Å². The molecule has 2 rings (SSSR count). The maximum atomic E-state index is 12.3. The zero-order valence-electron chi connectivity index (χ0n) is 13.0. The first-order valence-electron chi connectivity index (χ1n) is 7.35. The number of benzene rings is 1. The third-order valence-corrected chi connectivity index (χ3v) is 4.85. The molecule has 0 aromatic heterocycles. The number of nitrogens with one attached hydrogen (secondary N) is 1. The molecule has 0 aliphatic heterocycles. The second kappa shape index (κ2) is 6.56. The van der Waals surface area contributed by atoms with Crippen molar-refractivity contribution >= 4 is 15.9 Å². The van der Waals surface area contributed by atoms with Gasteiger partial charge in [0.05, 0.1) is 18.1 Å². The Hall–Kier alpha value is -1.76. The van der Waals surface area contributed by atoms with Crippen LogP contribution in [-0.4, -0.2) is 27.5 Å². The van der Waals surface area contributed by atoms with Gasteiger partial charge >= 0.3 is 0 Å². The van der Waals surface area contributed by atoms with E-state index in [1.807, 2.05) is 13.8 Å². The number of sulfonamides is 1. The Morgan fingerprint density at radius 1 is 1.23 bits per heavy atom. The quantitative estimate of drug-likeness (QED) is 0.828. The molecule has 1 aliphatic carbocycles. The first-order chi connectivity index (χ1) is 10.4. The molecule has 0 spiro atoms. The summed E-state index contributed by atoms with van der Waals surface area (Å²) in [5.41, 5.74) is 0. The Morgan fingerprint density at radius 3 is 2.36 bits per heavy atom. The van der Waals surface area contributed by atoms with Crippen molar-refractivity contribution in [3.63, 3.8) is 0 Å². The molecule has 22 heavy (non-hydrogen) atoms. The molecule has 1 aromatic carbocycles. The Bertz CT molecular complexity index is 656. The lowest BCUT2D eigenvalue weighted by atomic mass is 10.3. The van der Waals surface area contributed by atoms with Crippen LogP contribution < -0.4 is 14.2 Å². The Labute approximate surface area is 130 Å². The highest BCUT2D eigenvalue weighted by atomic mass is 32.2. The fraction of sp³-hybridized carbons (Fsp3) is 0.533. The minimum atomic E-state index is -3.90. The molecule has 0 unspecified atom stereocenters. The van der Waals surface area contributed by atoms with Crippen molar-refractivity contribution < 1.29 is 22.7 Å². The lowest BCUT2D eigenvalue weighted by molar-refractivity contribution is -0.120. The molecule has 1 fully saturated rings. The maximum absolute atomic E-state index is 12.3. The number of rotatable bonds is 7. The highest BCUT2D eigenvalue weighted by Crippen LogP contribution is 2.38. The lowest BCUT2D eigenvalue weighted by Crippen LogP contribution is -2.32. The first-order valence-corrected chi connectivity index (χ1v) is 8.83. The predicted octanol–water partition coefficient (Wildman–Crippen LogP) is 1.94. The van der Waals surface area contributed by atoms with Crippen molar-refractivity contribution in [1.29, 1.82) is 0 Å². The van der Waals surface area contributed by atoms with E-state index in [-0.39, 0.29) is 16.7 Å². The van der Waals surface area contributed by atoms with Gasteiger partial charge in [0.25, 0.3) is 10.0 Å². The van der Waals surface area contributed by atoms with E-state index in [1.165, 1.54) is 18.2 Å². The van der Waals surface area contributed by atoms with Crippen LogP contribution in [0.5, 0.6) is 11.5 Å². The summed E-state index contributed by atoms with van der Waals surface area (Å²) in [5, 5.41) is 0. The van der Waals surface area contributed by atoms with Crippen molar-refractivity contribution in [1.82, 2.24) is 4.72 Å². The Kier molecular flexibility index (Phi) is 4.95. The van der Waals surface area contributed by atoms with Crippen LogP contribution in [0.25, 0.3) is 0 Å². The molecule has 7 heteroatoms. The lowest BCUT2D eigenvalue weighted by Gasteiger charge is -2.13. The van der Waals surface area contributed by atoms with Gasteiger partial charge in [0.2, 0.25) is 5.91 Å². The number of amides is 1. The van der Waals surface area contributed by atoms with Crippen LogP contribution in [0.1, 0.15) is 27.2 Å². The molecule has 0 radical (unpaired) electrons. The van der Waals surface area contributed by atoms with E-state index in [0.717, 1.165) is 6.42 Å². The average Bonchev–Trinajstić information content (AvgIpc) is 3.18. The minimum absolute atomic E-state index is 0.0129. The minimum Gasteiger partial charge on any atom is -0.490 e.